The highest BCUT2D eigenvalue weighted by molar-refractivity contribution is 7.89. The molecule has 8 heteroatoms. The maximum Gasteiger partial charge on any atom is 0.271 e. The lowest BCUT2D eigenvalue weighted by Gasteiger charge is -2.38. The van der Waals surface area contributed by atoms with Crippen LogP contribution < -0.4 is 10.0 Å². The SMILES string of the molecule is CNc1cc([N+](=O)[O-])ccc1S(=O)(=O)NC1(C)CCC1. The van der Waals surface area contributed by atoms with Crippen LogP contribution >= 0.6 is 0 Å². The minimum Gasteiger partial charge on any atom is -0.387 e. The zero-order valence-electron chi connectivity index (χ0n) is 11.3. The Morgan fingerprint density at radius 2 is 2.00 bits per heavy atom. The number of non-ortho nitro benzene ring substituents is 1. The summed E-state index contributed by atoms with van der Waals surface area (Å²) in [5, 5.41) is 13.4. The van der Waals surface area contributed by atoms with Crippen molar-refractivity contribution < 1.29 is 13.3 Å². The standard InChI is InChI=1S/C12H17N3O4S/c1-12(6-3-7-12)14-20(18,19)11-5-4-9(15(16)17)8-10(11)13-2/h4-5,8,13-14H,3,6-7H2,1-2H3. The summed E-state index contributed by atoms with van der Waals surface area (Å²) in [7, 11) is -2.17. The van der Waals surface area contributed by atoms with Gasteiger partial charge in [-0.25, -0.2) is 13.1 Å². The number of nitro groups is 1. The molecule has 0 bridgehead atoms. The van der Waals surface area contributed by atoms with E-state index in [0.29, 0.717) is 0 Å². The van der Waals surface area contributed by atoms with E-state index < -0.39 is 20.5 Å². The summed E-state index contributed by atoms with van der Waals surface area (Å²) in [4.78, 5) is 10.2. The van der Waals surface area contributed by atoms with E-state index in [1.807, 2.05) is 6.92 Å². The Hall–Kier alpha value is -1.67. The molecule has 2 rings (SSSR count). The Morgan fingerprint density at radius 3 is 2.45 bits per heavy atom. The Bertz CT molecular complexity index is 638. The Kier molecular flexibility index (Phi) is 3.70. The largest absolute Gasteiger partial charge is 0.387 e. The van der Waals surface area contributed by atoms with Gasteiger partial charge < -0.3 is 5.32 Å². The molecule has 1 aliphatic rings. The summed E-state index contributed by atoms with van der Waals surface area (Å²) in [6, 6.07) is 3.67. The number of nitrogens with one attached hydrogen (secondary N) is 2. The number of benzene rings is 1. The third kappa shape index (κ3) is 2.75. The summed E-state index contributed by atoms with van der Waals surface area (Å²) in [5.41, 5.74) is -0.344. The van der Waals surface area contributed by atoms with Crippen LogP contribution in [0.15, 0.2) is 23.1 Å². The second-order valence-electron chi connectivity index (χ2n) is 5.21. The first-order valence-corrected chi connectivity index (χ1v) is 7.76. The van der Waals surface area contributed by atoms with E-state index >= 15 is 0 Å². The highest BCUT2D eigenvalue weighted by atomic mass is 32.2. The molecule has 0 aliphatic heterocycles. The zero-order valence-corrected chi connectivity index (χ0v) is 12.2. The van der Waals surface area contributed by atoms with Gasteiger partial charge in [-0.3, -0.25) is 10.1 Å². The van der Waals surface area contributed by atoms with E-state index in [4.69, 9.17) is 0 Å². The third-order valence-corrected chi connectivity index (χ3v) is 5.27. The molecule has 1 aromatic carbocycles. The number of nitrogens with zero attached hydrogens (tertiary/aromatic N) is 1. The average Bonchev–Trinajstić information content (AvgIpc) is 2.35. The molecule has 0 amide bonds. The lowest BCUT2D eigenvalue weighted by Crippen LogP contribution is -2.50. The lowest BCUT2D eigenvalue weighted by molar-refractivity contribution is -0.384. The number of nitro benzene ring substituents is 1. The fraction of sp³-hybridized carbons (Fsp3) is 0.500. The van der Waals surface area contributed by atoms with Crippen LogP contribution in [0.5, 0.6) is 0 Å². The molecule has 0 atom stereocenters. The predicted octanol–water partition coefficient (Wildman–Crippen LogP) is 1.86. The van der Waals surface area contributed by atoms with Crippen molar-refractivity contribution in [3.63, 3.8) is 0 Å². The van der Waals surface area contributed by atoms with Crippen molar-refractivity contribution in [2.24, 2.45) is 0 Å². The van der Waals surface area contributed by atoms with Gasteiger partial charge in [-0.05, 0) is 32.3 Å². The van der Waals surface area contributed by atoms with E-state index in [0.717, 1.165) is 19.3 Å². The molecule has 2 N–H and O–H groups in total. The van der Waals surface area contributed by atoms with Crippen molar-refractivity contribution in [2.75, 3.05) is 12.4 Å². The van der Waals surface area contributed by atoms with Gasteiger partial charge >= 0.3 is 0 Å². The molecule has 1 aromatic rings. The first-order chi connectivity index (χ1) is 9.27. The van der Waals surface area contributed by atoms with Crippen molar-refractivity contribution in [1.82, 2.24) is 4.72 Å². The number of sulfonamides is 1. The zero-order chi connectivity index (χ0) is 15.0. The monoisotopic (exact) mass is 299 g/mol. The van der Waals surface area contributed by atoms with Crippen molar-refractivity contribution in [2.45, 2.75) is 36.6 Å². The van der Waals surface area contributed by atoms with Crippen molar-refractivity contribution in [1.29, 1.82) is 0 Å². The van der Waals surface area contributed by atoms with Crippen LogP contribution in [0.1, 0.15) is 26.2 Å². The highest BCUT2D eigenvalue weighted by Gasteiger charge is 2.37. The minimum atomic E-state index is -3.70. The fourth-order valence-corrected chi connectivity index (χ4v) is 3.91. The molecule has 0 heterocycles. The molecule has 0 spiro atoms. The van der Waals surface area contributed by atoms with Gasteiger partial charge in [-0.2, -0.15) is 0 Å². The summed E-state index contributed by atoms with van der Waals surface area (Å²) in [5.74, 6) is 0. The van der Waals surface area contributed by atoms with Gasteiger partial charge in [0, 0.05) is 24.7 Å². The van der Waals surface area contributed by atoms with Crippen molar-refractivity contribution in [3.8, 4) is 0 Å². The summed E-state index contributed by atoms with van der Waals surface area (Å²) < 4.78 is 27.4. The molecule has 20 heavy (non-hydrogen) atoms. The molecular weight excluding hydrogens is 282 g/mol. The quantitative estimate of drug-likeness (QED) is 0.638. The molecular formula is C12H17N3O4S. The van der Waals surface area contributed by atoms with Gasteiger partial charge in [0.05, 0.1) is 10.6 Å². The molecule has 0 unspecified atom stereocenters. The summed E-state index contributed by atoms with van der Waals surface area (Å²) in [6.45, 7) is 1.86. The van der Waals surface area contributed by atoms with Gasteiger partial charge in [-0.1, -0.05) is 0 Å². The normalized spacial score (nSPS) is 17.3. The Morgan fingerprint density at radius 1 is 1.35 bits per heavy atom. The lowest BCUT2D eigenvalue weighted by atomic mass is 9.80. The van der Waals surface area contributed by atoms with E-state index in [2.05, 4.69) is 10.0 Å². The van der Waals surface area contributed by atoms with Crippen LogP contribution in [-0.4, -0.2) is 25.9 Å². The first kappa shape index (κ1) is 14.7. The average molecular weight is 299 g/mol. The van der Waals surface area contributed by atoms with Gasteiger partial charge in [-0.15, -0.1) is 0 Å². The smallest absolute Gasteiger partial charge is 0.271 e. The third-order valence-electron chi connectivity index (χ3n) is 3.57. The molecule has 1 fully saturated rings. The number of anilines is 1. The molecule has 110 valence electrons. The first-order valence-electron chi connectivity index (χ1n) is 6.28. The molecule has 0 radical (unpaired) electrons. The Labute approximate surface area is 117 Å². The van der Waals surface area contributed by atoms with E-state index in [1.165, 1.54) is 25.2 Å². The number of rotatable bonds is 5. The Balaban J connectivity index is 2.38. The van der Waals surface area contributed by atoms with Crippen LogP contribution in [0.4, 0.5) is 11.4 Å². The van der Waals surface area contributed by atoms with Crippen LogP contribution in [0.2, 0.25) is 0 Å². The maximum absolute atomic E-state index is 12.4. The molecule has 0 aromatic heterocycles. The van der Waals surface area contributed by atoms with Crippen molar-refractivity contribution >= 4 is 21.4 Å². The number of hydrogen-bond acceptors (Lipinski definition) is 5. The molecule has 1 saturated carbocycles. The van der Waals surface area contributed by atoms with Gasteiger partial charge in [0.1, 0.15) is 4.90 Å². The van der Waals surface area contributed by atoms with Crippen molar-refractivity contribution in [3.05, 3.63) is 28.3 Å². The maximum atomic E-state index is 12.4. The topological polar surface area (TPSA) is 101 Å². The van der Waals surface area contributed by atoms with Crippen LogP contribution in [0, 0.1) is 10.1 Å². The van der Waals surface area contributed by atoms with Crippen LogP contribution in [-0.2, 0) is 10.0 Å². The van der Waals surface area contributed by atoms with E-state index in [1.54, 1.807) is 0 Å². The molecule has 7 nitrogen and oxygen atoms in total. The minimum absolute atomic E-state index is 0.0266. The van der Waals surface area contributed by atoms with Gasteiger partial charge in [0.25, 0.3) is 5.69 Å². The van der Waals surface area contributed by atoms with E-state index in [9.17, 15) is 18.5 Å². The second kappa shape index (κ2) is 5.02. The van der Waals surface area contributed by atoms with Gasteiger partial charge in [0.2, 0.25) is 10.0 Å². The second-order valence-corrected chi connectivity index (χ2v) is 6.86. The fourth-order valence-electron chi connectivity index (χ4n) is 2.25. The molecule has 0 saturated heterocycles. The number of hydrogen-bond donors (Lipinski definition) is 2. The summed E-state index contributed by atoms with van der Waals surface area (Å²) in [6.07, 6.45) is 2.60. The van der Waals surface area contributed by atoms with Gasteiger partial charge in [0.15, 0.2) is 0 Å². The summed E-state index contributed by atoms with van der Waals surface area (Å²) >= 11 is 0. The highest BCUT2D eigenvalue weighted by Crippen LogP contribution is 2.34. The van der Waals surface area contributed by atoms with Crippen LogP contribution in [0.3, 0.4) is 0 Å². The predicted molar refractivity (Wildman–Crippen MR) is 75.2 cm³/mol. The molecule has 1 aliphatic carbocycles. The van der Waals surface area contributed by atoms with Crippen LogP contribution in [0.25, 0.3) is 0 Å². The van der Waals surface area contributed by atoms with E-state index in [-0.39, 0.29) is 16.3 Å².